The molecule has 4 nitrogen and oxygen atoms in total. The van der Waals surface area contributed by atoms with Crippen molar-refractivity contribution in [3.05, 3.63) is 41.4 Å². The molecule has 5 heteroatoms. The number of nitrogens with zero attached hydrogens (tertiary/aromatic N) is 2. The van der Waals surface area contributed by atoms with Gasteiger partial charge in [-0.3, -0.25) is 4.79 Å². The molecule has 0 saturated carbocycles. The van der Waals surface area contributed by atoms with Crippen LogP contribution in [0.2, 0.25) is 5.02 Å². The highest BCUT2D eigenvalue weighted by atomic mass is 35.5. The first kappa shape index (κ1) is 12.2. The Labute approximate surface area is 116 Å². The Hall–Kier alpha value is -1.81. The van der Waals surface area contributed by atoms with Crippen molar-refractivity contribution in [1.82, 2.24) is 9.88 Å². The van der Waals surface area contributed by atoms with Gasteiger partial charge in [0, 0.05) is 18.7 Å². The zero-order chi connectivity index (χ0) is 13.2. The second-order valence-corrected chi connectivity index (χ2v) is 4.92. The van der Waals surface area contributed by atoms with Gasteiger partial charge in [0.25, 0.3) is 5.91 Å². The molecule has 1 amide bonds. The van der Waals surface area contributed by atoms with E-state index in [1.807, 2.05) is 18.2 Å². The lowest BCUT2D eigenvalue weighted by molar-refractivity contribution is 0.0788. The fraction of sp³-hybridized carbons (Fsp3) is 0.286. The Morgan fingerprint density at radius 1 is 1.26 bits per heavy atom. The molecule has 1 aromatic heterocycles. The second kappa shape index (κ2) is 5.05. The molecule has 2 heterocycles. The Kier molecular flexibility index (Phi) is 3.25. The molecule has 0 bridgehead atoms. The predicted octanol–water partition coefficient (Wildman–Crippen LogP) is 3.23. The number of halogens is 1. The van der Waals surface area contributed by atoms with E-state index in [1.165, 1.54) is 6.39 Å². The summed E-state index contributed by atoms with van der Waals surface area (Å²) in [7, 11) is 0. The third-order valence-electron chi connectivity index (χ3n) is 3.28. The summed E-state index contributed by atoms with van der Waals surface area (Å²) in [6.07, 6.45) is 3.39. The molecule has 1 aromatic carbocycles. The lowest BCUT2D eigenvalue weighted by atomic mass is 10.1. The number of carbonyl (C=O) groups excluding carboxylic acids is 1. The summed E-state index contributed by atoms with van der Waals surface area (Å²) in [6.45, 7) is 1.57. The van der Waals surface area contributed by atoms with Crippen molar-refractivity contribution >= 4 is 17.5 Å². The molecule has 1 aliphatic heterocycles. The van der Waals surface area contributed by atoms with Crippen molar-refractivity contribution in [2.24, 2.45) is 0 Å². The minimum Gasteiger partial charge on any atom is -0.443 e. The van der Waals surface area contributed by atoms with Gasteiger partial charge in [-0.25, -0.2) is 4.98 Å². The maximum atomic E-state index is 12.4. The molecule has 0 spiro atoms. The van der Waals surface area contributed by atoms with Crippen LogP contribution in [-0.2, 0) is 0 Å². The predicted molar refractivity (Wildman–Crippen MR) is 72.1 cm³/mol. The van der Waals surface area contributed by atoms with Crippen LogP contribution >= 0.6 is 11.6 Å². The average Bonchev–Trinajstić information content (AvgIpc) is 3.10. The van der Waals surface area contributed by atoms with Gasteiger partial charge in [-0.1, -0.05) is 23.7 Å². The van der Waals surface area contributed by atoms with Crippen LogP contribution in [-0.4, -0.2) is 28.9 Å². The number of carbonyl (C=O) groups is 1. The van der Waals surface area contributed by atoms with Gasteiger partial charge >= 0.3 is 0 Å². The monoisotopic (exact) mass is 276 g/mol. The third kappa shape index (κ3) is 2.24. The summed E-state index contributed by atoms with van der Waals surface area (Å²) in [4.78, 5) is 18.2. The van der Waals surface area contributed by atoms with Gasteiger partial charge in [-0.15, -0.1) is 0 Å². The molecule has 1 fully saturated rings. The van der Waals surface area contributed by atoms with Gasteiger partial charge in [0.05, 0.1) is 5.02 Å². The standard InChI is InChI=1S/C14H13ClN2O2/c15-11-6-2-1-5-10(11)13-12(16-9-19-13)14(18)17-7-3-4-8-17/h1-2,5-6,9H,3-4,7-8H2. The fourth-order valence-electron chi connectivity index (χ4n) is 2.30. The lowest BCUT2D eigenvalue weighted by Gasteiger charge is -2.14. The topological polar surface area (TPSA) is 46.3 Å². The van der Waals surface area contributed by atoms with E-state index in [0.29, 0.717) is 22.0 Å². The summed E-state index contributed by atoms with van der Waals surface area (Å²) < 4.78 is 5.37. The molecule has 0 radical (unpaired) electrons. The molecule has 0 N–H and O–H groups in total. The maximum absolute atomic E-state index is 12.4. The lowest BCUT2D eigenvalue weighted by Crippen LogP contribution is -2.28. The van der Waals surface area contributed by atoms with Crippen LogP contribution in [0, 0.1) is 0 Å². The average molecular weight is 277 g/mol. The molecule has 2 aromatic rings. The van der Waals surface area contributed by atoms with Crippen molar-refractivity contribution in [2.75, 3.05) is 13.1 Å². The molecule has 1 saturated heterocycles. The molecule has 1 aliphatic rings. The minimum absolute atomic E-state index is 0.0823. The maximum Gasteiger partial charge on any atom is 0.276 e. The molecule has 19 heavy (non-hydrogen) atoms. The number of oxazole rings is 1. The number of hydrogen-bond donors (Lipinski definition) is 0. The van der Waals surface area contributed by atoms with E-state index in [0.717, 1.165) is 25.9 Å². The van der Waals surface area contributed by atoms with Crippen LogP contribution < -0.4 is 0 Å². The molecule has 0 atom stereocenters. The molecular weight excluding hydrogens is 264 g/mol. The van der Waals surface area contributed by atoms with E-state index in [4.69, 9.17) is 16.0 Å². The van der Waals surface area contributed by atoms with Gasteiger partial charge in [0.2, 0.25) is 0 Å². The Morgan fingerprint density at radius 2 is 2.00 bits per heavy atom. The van der Waals surface area contributed by atoms with E-state index in [9.17, 15) is 4.79 Å². The van der Waals surface area contributed by atoms with Crippen molar-refractivity contribution in [3.8, 4) is 11.3 Å². The van der Waals surface area contributed by atoms with Crippen LogP contribution in [0.5, 0.6) is 0 Å². The van der Waals surface area contributed by atoms with E-state index in [1.54, 1.807) is 11.0 Å². The zero-order valence-corrected chi connectivity index (χ0v) is 11.1. The first-order valence-electron chi connectivity index (χ1n) is 6.25. The summed E-state index contributed by atoms with van der Waals surface area (Å²) in [5.74, 6) is 0.365. The molecule has 98 valence electrons. The Morgan fingerprint density at radius 3 is 2.74 bits per heavy atom. The van der Waals surface area contributed by atoms with Crippen LogP contribution in [0.15, 0.2) is 35.1 Å². The van der Waals surface area contributed by atoms with Gasteiger partial charge in [0.15, 0.2) is 17.8 Å². The number of likely N-dealkylation sites (tertiary alicyclic amines) is 1. The third-order valence-corrected chi connectivity index (χ3v) is 3.61. The molecule has 0 unspecified atom stereocenters. The molecule has 0 aliphatic carbocycles. The first-order valence-corrected chi connectivity index (χ1v) is 6.63. The SMILES string of the molecule is O=C(c1ncoc1-c1ccccc1Cl)N1CCCC1. The van der Waals surface area contributed by atoms with Gasteiger partial charge in [-0.05, 0) is 25.0 Å². The van der Waals surface area contributed by atoms with E-state index in [2.05, 4.69) is 4.98 Å². The van der Waals surface area contributed by atoms with Gasteiger partial charge < -0.3 is 9.32 Å². The van der Waals surface area contributed by atoms with E-state index < -0.39 is 0 Å². The van der Waals surface area contributed by atoms with Crippen molar-refractivity contribution in [3.63, 3.8) is 0 Å². The summed E-state index contributed by atoms with van der Waals surface area (Å²) in [5, 5.41) is 0.551. The van der Waals surface area contributed by atoms with Crippen LogP contribution in [0.1, 0.15) is 23.3 Å². The normalized spacial score (nSPS) is 14.9. The minimum atomic E-state index is -0.0823. The first-order chi connectivity index (χ1) is 9.27. The number of rotatable bonds is 2. The summed E-state index contributed by atoms with van der Waals surface area (Å²) in [6, 6.07) is 7.28. The van der Waals surface area contributed by atoms with Crippen LogP contribution in [0.4, 0.5) is 0 Å². The summed E-state index contributed by atoms with van der Waals surface area (Å²) in [5.41, 5.74) is 1.04. The van der Waals surface area contributed by atoms with E-state index in [-0.39, 0.29) is 5.91 Å². The highest BCUT2D eigenvalue weighted by Crippen LogP contribution is 2.30. The number of benzene rings is 1. The largest absolute Gasteiger partial charge is 0.443 e. The van der Waals surface area contributed by atoms with Gasteiger partial charge in [-0.2, -0.15) is 0 Å². The number of aromatic nitrogens is 1. The second-order valence-electron chi connectivity index (χ2n) is 4.51. The van der Waals surface area contributed by atoms with Crippen molar-refractivity contribution in [1.29, 1.82) is 0 Å². The smallest absolute Gasteiger partial charge is 0.276 e. The van der Waals surface area contributed by atoms with Crippen molar-refractivity contribution < 1.29 is 9.21 Å². The number of amides is 1. The van der Waals surface area contributed by atoms with Crippen LogP contribution in [0.25, 0.3) is 11.3 Å². The highest BCUT2D eigenvalue weighted by molar-refractivity contribution is 6.33. The Balaban J connectivity index is 1.99. The molecular formula is C14H13ClN2O2. The highest BCUT2D eigenvalue weighted by Gasteiger charge is 2.26. The molecule has 3 rings (SSSR count). The number of hydrogen-bond acceptors (Lipinski definition) is 3. The zero-order valence-electron chi connectivity index (χ0n) is 10.3. The summed E-state index contributed by atoms with van der Waals surface area (Å²) >= 11 is 6.14. The van der Waals surface area contributed by atoms with Gasteiger partial charge in [0.1, 0.15) is 0 Å². The van der Waals surface area contributed by atoms with Crippen LogP contribution in [0.3, 0.4) is 0 Å². The van der Waals surface area contributed by atoms with Crippen molar-refractivity contribution in [2.45, 2.75) is 12.8 Å². The van der Waals surface area contributed by atoms with E-state index >= 15 is 0 Å². The quantitative estimate of drug-likeness (QED) is 0.846. The Bertz CT molecular complexity index is 603. The fourth-order valence-corrected chi connectivity index (χ4v) is 2.53.